The molecule has 2 aliphatic rings. The molecule has 0 radical (unpaired) electrons. The third kappa shape index (κ3) is 3.79. The minimum Gasteiger partial charge on any atom is -0.463 e. The first-order valence-electron chi connectivity index (χ1n) is 9.15. The van der Waals surface area contributed by atoms with Crippen molar-refractivity contribution in [1.29, 1.82) is 5.26 Å². The zero-order valence-corrected chi connectivity index (χ0v) is 16.8. The number of hydrogen-bond donors (Lipinski definition) is 2. The summed E-state index contributed by atoms with van der Waals surface area (Å²) >= 11 is 0. The number of nitriles is 1. The average Bonchev–Trinajstić information content (AvgIpc) is 2.61. The number of carbonyl (C=O) groups excluding carboxylic acids is 3. The van der Waals surface area contributed by atoms with Crippen LogP contribution in [-0.2, 0) is 23.9 Å². The Morgan fingerprint density at radius 1 is 1.18 bits per heavy atom. The number of carbonyl (C=O) groups is 3. The van der Waals surface area contributed by atoms with E-state index in [-0.39, 0.29) is 36.4 Å². The van der Waals surface area contributed by atoms with Crippen LogP contribution in [0, 0.1) is 17.2 Å². The third-order valence-corrected chi connectivity index (χ3v) is 4.88. The van der Waals surface area contributed by atoms with E-state index < -0.39 is 29.3 Å². The van der Waals surface area contributed by atoms with Crippen LogP contribution in [0.3, 0.4) is 0 Å². The summed E-state index contributed by atoms with van der Waals surface area (Å²) in [5.41, 5.74) is 0.577. The standard InChI is InChI=1S/C20H25N3O5/c1-6-27-18(25)14-11(3)22-12(4)15(19(26)28-7-2)16(14)20(5)9-8-13(10-21)17(24)23-20/h8,16,22H,6-7,9H2,1-5H3,(H,23,24). The van der Waals surface area contributed by atoms with Crippen molar-refractivity contribution in [2.75, 3.05) is 13.2 Å². The molecule has 1 unspecified atom stereocenters. The van der Waals surface area contributed by atoms with Crippen LogP contribution in [0.4, 0.5) is 0 Å². The fourth-order valence-electron chi connectivity index (χ4n) is 3.66. The minimum absolute atomic E-state index is 0.00295. The number of nitrogens with one attached hydrogen (secondary N) is 2. The van der Waals surface area contributed by atoms with Gasteiger partial charge in [-0.2, -0.15) is 5.26 Å². The Bertz CT molecular complexity index is 806. The Labute approximate surface area is 164 Å². The highest BCUT2D eigenvalue weighted by molar-refractivity contribution is 6.01. The van der Waals surface area contributed by atoms with E-state index >= 15 is 0 Å². The predicted molar refractivity (Wildman–Crippen MR) is 100 cm³/mol. The summed E-state index contributed by atoms with van der Waals surface area (Å²) in [4.78, 5) is 37.9. The van der Waals surface area contributed by atoms with Gasteiger partial charge in [-0.15, -0.1) is 0 Å². The van der Waals surface area contributed by atoms with Gasteiger partial charge in [0.1, 0.15) is 11.6 Å². The maximum Gasteiger partial charge on any atom is 0.336 e. The summed E-state index contributed by atoms with van der Waals surface area (Å²) in [6.07, 6.45) is 1.79. The molecular formula is C20H25N3O5. The summed E-state index contributed by atoms with van der Waals surface area (Å²) in [7, 11) is 0. The second-order valence-corrected chi connectivity index (χ2v) is 6.88. The summed E-state index contributed by atoms with van der Waals surface area (Å²) in [6.45, 7) is 8.90. The molecule has 0 bridgehead atoms. The van der Waals surface area contributed by atoms with Crippen LogP contribution in [0.5, 0.6) is 0 Å². The molecule has 0 spiro atoms. The van der Waals surface area contributed by atoms with Crippen LogP contribution >= 0.6 is 0 Å². The molecule has 2 heterocycles. The predicted octanol–water partition coefficient (Wildman–Crippen LogP) is 1.61. The van der Waals surface area contributed by atoms with Gasteiger partial charge in [-0.05, 0) is 41.0 Å². The fourth-order valence-corrected chi connectivity index (χ4v) is 3.66. The van der Waals surface area contributed by atoms with Gasteiger partial charge in [-0.3, -0.25) is 4.79 Å². The van der Waals surface area contributed by atoms with Gasteiger partial charge in [0.05, 0.1) is 29.9 Å². The SMILES string of the molecule is CCOC(=O)C1=C(C)NC(C)=C(C(=O)OCC)C1C1(C)CC=C(C#N)C(=O)N1. The van der Waals surface area contributed by atoms with Crippen LogP contribution in [0.2, 0.25) is 0 Å². The lowest BCUT2D eigenvalue weighted by Gasteiger charge is -2.43. The highest BCUT2D eigenvalue weighted by Gasteiger charge is 2.49. The molecule has 1 amide bonds. The Hall–Kier alpha value is -3.08. The molecule has 2 N–H and O–H groups in total. The summed E-state index contributed by atoms with van der Waals surface area (Å²) in [5, 5.41) is 15.0. The first-order valence-corrected chi connectivity index (χ1v) is 9.15. The quantitative estimate of drug-likeness (QED) is 0.688. The van der Waals surface area contributed by atoms with Crippen molar-refractivity contribution < 1.29 is 23.9 Å². The lowest BCUT2D eigenvalue weighted by Crippen LogP contribution is -2.57. The molecule has 0 saturated heterocycles. The van der Waals surface area contributed by atoms with Gasteiger partial charge < -0.3 is 20.1 Å². The molecule has 8 nitrogen and oxygen atoms in total. The van der Waals surface area contributed by atoms with E-state index in [0.717, 1.165) is 0 Å². The Kier molecular flexibility index (Phi) is 6.29. The topological polar surface area (TPSA) is 118 Å². The van der Waals surface area contributed by atoms with Crippen molar-refractivity contribution in [2.24, 2.45) is 5.92 Å². The summed E-state index contributed by atoms with van der Waals surface area (Å²) in [6, 6.07) is 1.85. The van der Waals surface area contributed by atoms with Crippen molar-refractivity contribution >= 4 is 17.8 Å². The Morgan fingerprint density at radius 2 is 1.68 bits per heavy atom. The number of amides is 1. The first-order chi connectivity index (χ1) is 13.2. The van der Waals surface area contributed by atoms with Crippen molar-refractivity contribution in [1.82, 2.24) is 10.6 Å². The number of dihydropyridines is 1. The molecule has 0 fully saturated rings. The van der Waals surface area contributed by atoms with E-state index in [4.69, 9.17) is 14.7 Å². The van der Waals surface area contributed by atoms with Crippen LogP contribution in [0.15, 0.2) is 34.2 Å². The summed E-state index contributed by atoms with van der Waals surface area (Å²) < 4.78 is 10.4. The van der Waals surface area contributed by atoms with Crippen molar-refractivity contribution in [3.8, 4) is 6.07 Å². The lowest BCUT2D eigenvalue weighted by atomic mass is 9.69. The summed E-state index contributed by atoms with van der Waals surface area (Å²) in [5.74, 6) is -2.49. The largest absolute Gasteiger partial charge is 0.463 e. The van der Waals surface area contributed by atoms with Gasteiger partial charge in [0.2, 0.25) is 0 Å². The maximum atomic E-state index is 12.8. The average molecular weight is 387 g/mol. The van der Waals surface area contributed by atoms with Crippen LogP contribution in [0.25, 0.3) is 0 Å². The van der Waals surface area contributed by atoms with Gasteiger partial charge in [-0.1, -0.05) is 6.08 Å². The number of nitrogens with zero attached hydrogens (tertiary/aromatic N) is 1. The highest BCUT2D eigenvalue weighted by Crippen LogP contribution is 2.41. The van der Waals surface area contributed by atoms with Crippen molar-refractivity contribution in [3.63, 3.8) is 0 Å². The molecular weight excluding hydrogens is 362 g/mol. The zero-order chi connectivity index (χ0) is 21.1. The monoisotopic (exact) mass is 387 g/mol. The second-order valence-electron chi connectivity index (χ2n) is 6.88. The smallest absolute Gasteiger partial charge is 0.336 e. The molecule has 2 aliphatic heterocycles. The maximum absolute atomic E-state index is 12.8. The third-order valence-electron chi connectivity index (χ3n) is 4.88. The number of hydrogen-bond acceptors (Lipinski definition) is 7. The number of rotatable bonds is 5. The molecule has 0 saturated carbocycles. The first kappa shape index (κ1) is 21.2. The van der Waals surface area contributed by atoms with Crippen LogP contribution in [-0.4, -0.2) is 36.6 Å². The molecule has 28 heavy (non-hydrogen) atoms. The van der Waals surface area contributed by atoms with E-state index in [9.17, 15) is 14.4 Å². The molecule has 0 aromatic heterocycles. The fraction of sp³-hybridized carbons (Fsp3) is 0.500. The van der Waals surface area contributed by atoms with Gasteiger partial charge in [0.25, 0.3) is 5.91 Å². The van der Waals surface area contributed by atoms with Crippen molar-refractivity contribution in [3.05, 3.63) is 34.2 Å². The Balaban J connectivity index is 2.65. The molecule has 0 aromatic rings. The minimum atomic E-state index is -1.02. The molecule has 150 valence electrons. The number of esters is 2. The van der Waals surface area contributed by atoms with Gasteiger partial charge >= 0.3 is 11.9 Å². The molecule has 0 aromatic carbocycles. The van der Waals surface area contributed by atoms with E-state index in [0.29, 0.717) is 11.4 Å². The number of allylic oxidation sites excluding steroid dienone is 2. The van der Waals surface area contributed by atoms with E-state index in [1.54, 1.807) is 34.6 Å². The zero-order valence-electron chi connectivity index (χ0n) is 16.8. The normalized spacial score (nSPS) is 22.7. The van der Waals surface area contributed by atoms with Crippen LogP contribution in [0.1, 0.15) is 41.0 Å². The second kappa shape index (κ2) is 8.30. The molecule has 1 atom stereocenters. The molecule has 2 rings (SSSR count). The highest BCUT2D eigenvalue weighted by atomic mass is 16.5. The van der Waals surface area contributed by atoms with Crippen LogP contribution < -0.4 is 10.6 Å². The van der Waals surface area contributed by atoms with Gasteiger partial charge in [0, 0.05) is 17.3 Å². The van der Waals surface area contributed by atoms with Gasteiger partial charge in [-0.25, -0.2) is 9.59 Å². The molecule has 8 heteroatoms. The van der Waals surface area contributed by atoms with E-state index in [1.807, 2.05) is 6.07 Å². The Morgan fingerprint density at radius 3 is 2.07 bits per heavy atom. The number of ether oxygens (including phenoxy) is 2. The van der Waals surface area contributed by atoms with Gasteiger partial charge in [0.15, 0.2) is 0 Å². The molecule has 0 aliphatic carbocycles. The van der Waals surface area contributed by atoms with E-state index in [2.05, 4.69) is 10.6 Å². The van der Waals surface area contributed by atoms with E-state index in [1.165, 1.54) is 6.08 Å². The van der Waals surface area contributed by atoms with Crippen molar-refractivity contribution in [2.45, 2.75) is 46.6 Å². The lowest BCUT2D eigenvalue weighted by molar-refractivity contribution is -0.141.